The molecule has 0 unspecified atom stereocenters. The average Bonchev–Trinajstić information content (AvgIpc) is 2.76. The van der Waals surface area contributed by atoms with Gasteiger partial charge in [-0.1, -0.05) is 43.6 Å². The first-order valence-electron chi connectivity index (χ1n) is 10.6. The highest BCUT2D eigenvalue weighted by atomic mass is 35.5. The number of hydrogen-bond donors (Lipinski definition) is 1. The number of carbonyl (C=O) groups is 2. The Kier molecular flexibility index (Phi) is 9.67. The molecule has 0 spiro atoms. The molecule has 2 rings (SSSR count). The summed E-state index contributed by atoms with van der Waals surface area (Å²) in [5.74, 6) is -1.32. The lowest BCUT2D eigenvalue weighted by Gasteiger charge is -2.33. The molecule has 0 aliphatic rings. The number of carbonyl (C=O) groups excluding carboxylic acids is 2. The fourth-order valence-electron chi connectivity index (χ4n) is 3.32. The lowest BCUT2D eigenvalue weighted by molar-refractivity contribution is -0.140. The van der Waals surface area contributed by atoms with Gasteiger partial charge in [0.25, 0.3) is 0 Å². The number of anilines is 1. The SMILES string of the molecule is CCCNC(=O)[C@H](CC)N(Cc1ccc(F)cc1)C(=O)CN(c1cccc(Cl)c1)S(C)(=O)=O. The molecule has 0 aliphatic carbocycles. The van der Waals surface area contributed by atoms with Crippen molar-refractivity contribution in [2.75, 3.05) is 23.7 Å². The van der Waals surface area contributed by atoms with Crippen molar-refractivity contribution in [3.05, 3.63) is 64.9 Å². The fourth-order valence-corrected chi connectivity index (χ4v) is 4.34. The van der Waals surface area contributed by atoms with Crippen LogP contribution in [0, 0.1) is 5.82 Å². The molecular weight excluding hydrogens is 469 g/mol. The third-order valence-corrected chi connectivity index (χ3v) is 6.35. The van der Waals surface area contributed by atoms with E-state index in [1.54, 1.807) is 19.1 Å². The summed E-state index contributed by atoms with van der Waals surface area (Å²) >= 11 is 6.02. The zero-order chi connectivity index (χ0) is 24.6. The van der Waals surface area contributed by atoms with Gasteiger partial charge in [0, 0.05) is 18.1 Å². The topological polar surface area (TPSA) is 86.8 Å². The van der Waals surface area contributed by atoms with E-state index < -0.39 is 34.3 Å². The summed E-state index contributed by atoms with van der Waals surface area (Å²) in [6, 6.07) is 10.9. The van der Waals surface area contributed by atoms with Gasteiger partial charge < -0.3 is 10.2 Å². The molecule has 2 amide bonds. The van der Waals surface area contributed by atoms with Crippen LogP contribution in [0.2, 0.25) is 5.02 Å². The molecule has 0 fully saturated rings. The molecule has 10 heteroatoms. The maximum absolute atomic E-state index is 13.4. The van der Waals surface area contributed by atoms with Crippen LogP contribution in [0.5, 0.6) is 0 Å². The Morgan fingerprint density at radius 1 is 1.12 bits per heavy atom. The second-order valence-corrected chi connectivity index (χ2v) is 9.96. The Bertz CT molecular complexity index is 1060. The summed E-state index contributed by atoms with van der Waals surface area (Å²) in [7, 11) is -3.83. The van der Waals surface area contributed by atoms with E-state index in [0.29, 0.717) is 23.6 Å². The molecular formula is C23H29ClFN3O4S. The van der Waals surface area contributed by atoms with Gasteiger partial charge in [-0.3, -0.25) is 13.9 Å². The number of benzene rings is 2. The molecule has 0 saturated carbocycles. The predicted molar refractivity (Wildman–Crippen MR) is 128 cm³/mol. The Morgan fingerprint density at radius 3 is 2.33 bits per heavy atom. The largest absolute Gasteiger partial charge is 0.354 e. The van der Waals surface area contributed by atoms with Crippen molar-refractivity contribution in [2.45, 2.75) is 39.3 Å². The van der Waals surface area contributed by atoms with Crippen molar-refractivity contribution >= 4 is 39.1 Å². The van der Waals surface area contributed by atoms with Crippen LogP contribution in [-0.4, -0.2) is 50.5 Å². The minimum Gasteiger partial charge on any atom is -0.354 e. The lowest BCUT2D eigenvalue weighted by Crippen LogP contribution is -2.52. The highest BCUT2D eigenvalue weighted by Gasteiger charge is 2.31. The number of amides is 2. The molecule has 0 heterocycles. The van der Waals surface area contributed by atoms with Crippen LogP contribution in [0.4, 0.5) is 10.1 Å². The maximum atomic E-state index is 13.4. The third kappa shape index (κ3) is 7.71. The molecule has 1 atom stereocenters. The van der Waals surface area contributed by atoms with Crippen LogP contribution in [0.25, 0.3) is 0 Å². The third-order valence-electron chi connectivity index (χ3n) is 4.98. The van der Waals surface area contributed by atoms with Gasteiger partial charge in [-0.25, -0.2) is 12.8 Å². The van der Waals surface area contributed by atoms with Gasteiger partial charge in [0.15, 0.2) is 0 Å². The number of nitrogens with one attached hydrogen (secondary N) is 1. The van der Waals surface area contributed by atoms with Crippen molar-refractivity contribution in [2.24, 2.45) is 0 Å². The summed E-state index contributed by atoms with van der Waals surface area (Å²) in [4.78, 5) is 27.6. The van der Waals surface area contributed by atoms with Crippen molar-refractivity contribution in [3.63, 3.8) is 0 Å². The second kappa shape index (κ2) is 12.0. The summed E-state index contributed by atoms with van der Waals surface area (Å²) in [5, 5.41) is 3.12. The zero-order valence-corrected chi connectivity index (χ0v) is 20.5. The molecule has 0 saturated heterocycles. The molecule has 180 valence electrons. The van der Waals surface area contributed by atoms with Gasteiger partial charge in [-0.05, 0) is 48.7 Å². The van der Waals surface area contributed by atoms with E-state index in [1.807, 2.05) is 6.92 Å². The van der Waals surface area contributed by atoms with Crippen LogP contribution in [-0.2, 0) is 26.2 Å². The average molecular weight is 498 g/mol. The Balaban J connectivity index is 2.41. The molecule has 2 aromatic rings. The first-order chi connectivity index (χ1) is 15.6. The number of halogens is 2. The van der Waals surface area contributed by atoms with Crippen molar-refractivity contribution in [1.29, 1.82) is 0 Å². The van der Waals surface area contributed by atoms with E-state index in [9.17, 15) is 22.4 Å². The van der Waals surface area contributed by atoms with Crippen molar-refractivity contribution in [1.82, 2.24) is 10.2 Å². The van der Waals surface area contributed by atoms with Crippen molar-refractivity contribution in [3.8, 4) is 0 Å². The lowest BCUT2D eigenvalue weighted by atomic mass is 10.1. The molecule has 0 aromatic heterocycles. The summed E-state index contributed by atoms with van der Waals surface area (Å²) < 4.78 is 39.3. The number of nitrogens with zero attached hydrogens (tertiary/aromatic N) is 2. The van der Waals surface area contributed by atoms with E-state index >= 15 is 0 Å². The van der Waals surface area contributed by atoms with E-state index in [2.05, 4.69) is 5.32 Å². The summed E-state index contributed by atoms with van der Waals surface area (Å²) in [6.07, 6.45) is 2.04. The highest BCUT2D eigenvalue weighted by Crippen LogP contribution is 2.23. The standard InChI is InChI=1S/C23H29ClFN3O4S/c1-4-13-26-23(30)21(5-2)27(15-17-9-11-19(25)12-10-17)22(29)16-28(33(3,31)32)20-8-6-7-18(24)14-20/h6-12,14,21H,4-5,13,15-16H2,1-3H3,(H,26,30)/t21-/m0/s1. The van der Waals surface area contributed by atoms with Gasteiger partial charge in [-0.15, -0.1) is 0 Å². The molecule has 33 heavy (non-hydrogen) atoms. The molecule has 2 aromatic carbocycles. The number of rotatable bonds is 11. The Hall–Kier alpha value is -2.65. The van der Waals surface area contributed by atoms with Gasteiger partial charge in [0.1, 0.15) is 18.4 Å². The van der Waals surface area contributed by atoms with Crippen molar-refractivity contribution < 1.29 is 22.4 Å². The molecule has 7 nitrogen and oxygen atoms in total. The van der Waals surface area contributed by atoms with Gasteiger partial charge in [0.2, 0.25) is 21.8 Å². The first kappa shape index (κ1) is 26.6. The van der Waals surface area contributed by atoms with Crippen LogP contribution in [0.3, 0.4) is 0 Å². The summed E-state index contributed by atoms with van der Waals surface area (Å²) in [5.41, 5.74) is 0.851. The predicted octanol–water partition coefficient (Wildman–Crippen LogP) is 3.58. The van der Waals surface area contributed by atoms with Crippen LogP contribution in [0.15, 0.2) is 48.5 Å². The first-order valence-corrected chi connectivity index (χ1v) is 12.8. The highest BCUT2D eigenvalue weighted by molar-refractivity contribution is 7.92. The quantitative estimate of drug-likeness (QED) is 0.514. The fraction of sp³-hybridized carbons (Fsp3) is 0.391. The molecule has 0 bridgehead atoms. The normalized spacial score (nSPS) is 12.2. The Labute approximate surface area is 199 Å². The molecule has 0 radical (unpaired) electrons. The summed E-state index contributed by atoms with van der Waals surface area (Å²) in [6.45, 7) is 3.64. The second-order valence-electron chi connectivity index (χ2n) is 7.61. The maximum Gasteiger partial charge on any atom is 0.244 e. The minimum absolute atomic E-state index is 0.0182. The van der Waals surface area contributed by atoms with E-state index in [1.165, 1.54) is 41.3 Å². The van der Waals surface area contributed by atoms with Crippen LogP contribution in [0.1, 0.15) is 32.3 Å². The number of sulfonamides is 1. The van der Waals surface area contributed by atoms with Gasteiger partial charge in [0.05, 0.1) is 11.9 Å². The minimum atomic E-state index is -3.83. The van der Waals surface area contributed by atoms with E-state index in [-0.39, 0.29) is 18.1 Å². The molecule has 0 aliphatic heterocycles. The smallest absolute Gasteiger partial charge is 0.244 e. The van der Waals surface area contributed by atoms with E-state index in [0.717, 1.165) is 17.0 Å². The van der Waals surface area contributed by atoms with Crippen LogP contribution >= 0.6 is 11.6 Å². The number of hydrogen-bond acceptors (Lipinski definition) is 4. The molecule has 1 N–H and O–H groups in total. The van der Waals surface area contributed by atoms with Gasteiger partial charge >= 0.3 is 0 Å². The monoisotopic (exact) mass is 497 g/mol. The van der Waals surface area contributed by atoms with E-state index in [4.69, 9.17) is 11.6 Å². The zero-order valence-electron chi connectivity index (χ0n) is 18.9. The Morgan fingerprint density at radius 2 is 1.79 bits per heavy atom. The van der Waals surface area contributed by atoms with Gasteiger partial charge in [-0.2, -0.15) is 0 Å². The van der Waals surface area contributed by atoms with Crippen LogP contribution < -0.4 is 9.62 Å².